The minimum atomic E-state index is -0.507. The van der Waals surface area contributed by atoms with Gasteiger partial charge in [0.2, 0.25) is 5.90 Å². The maximum Gasteiger partial charge on any atom is 0.343 e. The Balaban J connectivity index is 1.89. The van der Waals surface area contributed by atoms with Crippen LogP contribution in [-0.2, 0) is 9.53 Å². The highest BCUT2D eigenvalue weighted by Gasteiger charge is 2.34. The van der Waals surface area contributed by atoms with Crippen molar-refractivity contribution in [3.05, 3.63) is 35.9 Å². The largest absolute Gasteiger partial charge is 0.405 e. The molecule has 0 radical (unpaired) electrons. The van der Waals surface area contributed by atoms with Gasteiger partial charge in [0.1, 0.15) is 0 Å². The van der Waals surface area contributed by atoms with Crippen molar-refractivity contribution in [2.75, 3.05) is 6.54 Å². The van der Waals surface area contributed by atoms with Crippen LogP contribution in [0.1, 0.15) is 18.4 Å². The van der Waals surface area contributed by atoms with Gasteiger partial charge in [0.15, 0.2) is 6.04 Å². The smallest absolute Gasteiger partial charge is 0.343 e. The van der Waals surface area contributed by atoms with Gasteiger partial charge in [-0.1, -0.05) is 18.2 Å². The summed E-state index contributed by atoms with van der Waals surface area (Å²) in [6, 6.07) is 8.96. The first-order valence-electron chi connectivity index (χ1n) is 5.73. The highest BCUT2D eigenvalue weighted by atomic mass is 16.6. The third kappa shape index (κ3) is 1.86. The SMILES string of the molecule is O=C1OC(c2ccccc2)=N[C@H]1C1=NCCC1. The van der Waals surface area contributed by atoms with Crippen LogP contribution in [0.15, 0.2) is 40.3 Å². The summed E-state index contributed by atoms with van der Waals surface area (Å²) in [5.41, 5.74) is 1.70. The van der Waals surface area contributed by atoms with Crippen LogP contribution in [0, 0.1) is 0 Å². The first-order valence-corrected chi connectivity index (χ1v) is 5.73. The Morgan fingerprint density at radius 1 is 1.24 bits per heavy atom. The minimum absolute atomic E-state index is 0.301. The molecule has 17 heavy (non-hydrogen) atoms. The zero-order valence-electron chi connectivity index (χ0n) is 9.30. The third-order valence-electron chi connectivity index (χ3n) is 2.91. The number of ether oxygens (including phenoxy) is 1. The molecule has 0 N–H and O–H groups in total. The fourth-order valence-electron chi connectivity index (χ4n) is 2.06. The van der Waals surface area contributed by atoms with E-state index in [0.29, 0.717) is 5.90 Å². The second-order valence-corrected chi connectivity index (χ2v) is 4.10. The highest BCUT2D eigenvalue weighted by Crippen LogP contribution is 2.18. The van der Waals surface area contributed by atoms with Crippen molar-refractivity contribution < 1.29 is 9.53 Å². The Bertz CT molecular complexity index is 505. The van der Waals surface area contributed by atoms with Crippen molar-refractivity contribution >= 4 is 17.6 Å². The summed E-state index contributed by atoms with van der Waals surface area (Å²) in [5.74, 6) is 0.111. The Morgan fingerprint density at radius 3 is 2.76 bits per heavy atom. The van der Waals surface area contributed by atoms with Gasteiger partial charge < -0.3 is 4.74 Å². The molecule has 2 heterocycles. The lowest BCUT2D eigenvalue weighted by Gasteiger charge is -2.00. The number of aliphatic imine (C=N–C) groups is 2. The molecule has 0 saturated heterocycles. The van der Waals surface area contributed by atoms with Gasteiger partial charge in [0, 0.05) is 17.8 Å². The molecule has 0 aromatic heterocycles. The number of carbonyl (C=O) groups excluding carboxylic acids is 1. The van der Waals surface area contributed by atoms with Crippen molar-refractivity contribution in [3.8, 4) is 0 Å². The Hall–Kier alpha value is -1.97. The number of hydrogen-bond acceptors (Lipinski definition) is 4. The Labute approximate surface area is 99.0 Å². The first-order chi connectivity index (χ1) is 8.34. The summed E-state index contributed by atoms with van der Waals surface area (Å²) < 4.78 is 5.20. The maximum atomic E-state index is 11.7. The van der Waals surface area contributed by atoms with Crippen molar-refractivity contribution in [3.63, 3.8) is 0 Å². The number of nitrogens with zero attached hydrogens (tertiary/aromatic N) is 2. The normalized spacial score (nSPS) is 23.3. The lowest BCUT2D eigenvalue weighted by molar-refractivity contribution is -0.133. The van der Waals surface area contributed by atoms with Gasteiger partial charge in [-0.25, -0.2) is 9.79 Å². The average Bonchev–Trinajstić information content (AvgIpc) is 2.99. The van der Waals surface area contributed by atoms with Crippen LogP contribution in [0.25, 0.3) is 0 Å². The molecule has 1 aromatic carbocycles. The predicted molar refractivity (Wildman–Crippen MR) is 64.4 cm³/mol. The van der Waals surface area contributed by atoms with E-state index in [4.69, 9.17) is 4.74 Å². The van der Waals surface area contributed by atoms with E-state index in [9.17, 15) is 4.79 Å². The standard InChI is InChI=1S/C13H12N2O2/c16-13-11(10-7-4-8-14-10)15-12(17-13)9-5-2-1-3-6-9/h1-3,5-6,11H,4,7-8H2/t11-/m0/s1. The van der Waals surface area contributed by atoms with E-state index in [1.54, 1.807) is 0 Å². The van der Waals surface area contributed by atoms with Gasteiger partial charge in [-0.2, -0.15) is 0 Å². The van der Waals surface area contributed by atoms with Gasteiger partial charge in [0.25, 0.3) is 0 Å². The van der Waals surface area contributed by atoms with Crippen molar-refractivity contribution in [2.45, 2.75) is 18.9 Å². The van der Waals surface area contributed by atoms with Gasteiger partial charge in [0.05, 0.1) is 0 Å². The zero-order chi connectivity index (χ0) is 11.7. The molecule has 0 spiro atoms. The van der Waals surface area contributed by atoms with Crippen molar-refractivity contribution in [2.24, 2.45) is 9.98 Å². The van der Waals surface area contributed by atoms with Gasteiger partial charge in [-0.05, 0) is 25.0 Å². The molecule has 0 aliphatic carbocycles. The first kappa shape index (κ1) is 10.2. The molecule has 3 rings (SSSR count). The van der Waals surface area contributed by atoms with Crippen LogP contribution in [0.3, 0.4) is 0 Å². The van der Waals surface area contributed by atoms with Crippen LogP contribution in [0.5, 0.6) is 0 Å². The quantitative estimate of drug-likeness (QED) is 0.722. The van der Waals surface area contributed by atoms with E-state index < -0.39 is 6.04 Å². The monoisotopic (exact) mass is 228 g/mol. The maximum absolute atomic E-state index is 11.7. The van der Waals surface area contributed by atoms with Crippen LogP contribution >= 0.6 is 0 Å². The molecular weight excluding hydrogens is 216 g/mol. The number of esters is 1. The highest BCUT2D eigenvalue weighted by molar-refractivity contribution is 6.16. The Morgan fingerprint density at radius 2 is 2.06 bits per heavy atom. The van der Waals surface area contributed by atoms with E-state index >= 15 is 0 Å². The molecule has 4 heteroatoms. The number of hydrogen-bond donors (Lipinski definition) is 0. The molecular formula is C13H12N2O2. The summed E-state index contributed by atoms with van der Waals surface area (Å²) in [6.45, 7) is 0.801. The minimum Gasteiger partial charge on any atom is -0.405 e. The molecule has 1 aromatic rings. The molecule has 0 bridgehead atoms. The van der Waals surface area contributed by atoms with Gasteiger partial charge in [-0.15, -0.1) is 0 Å². The van der Waals surface area contributed by atoms with Crippen LogP contribution in [0.2, 0.25) is 0 Å². The summed E-state index contributed by atoms with van der Waals surface area (Å²) >= 11 is 0. The molecule has 2 aliphatic rings. The number of cyclic esters (lactones) is 1. The van der Waals surface area contributed by atoms with Crippen molar-refractivity contribution in [1.82, 2.24) is 0 Å². The molecule has 2 aliphatic heterocycles. The molecule has 1 atom stereocenters. The molecule has 0 amide bonds. The molecule has 4 nitrogen and oxygen atoms in total. The molecule has 0 fully saturated rings. The summed E-state index contributed by atoms with van der Waals surface area (Å²) in [5, 5.41) is 0. The van der Waals surface area contributed by atoms with Gasteiger partial charge in [-0.3, -0.25) is 4.99 Å². The topological polar surface area (TPSA) is 51.0 Å². The number of benzene rings is 1. The zero-order valence-corrected chi connectivity index (χ0v) is 9.30. The van der Waals surface area contributed by atoms with E-state index in [0.717, 1.165) is 30.7 Å². The van der Waals surface area contributed by atoms with E-state index in [2.05, 4.69) is 9.98 Å². The second kappa shape index (κ2) is 4.13. The average molecular weight is 228 g/mol. The third-order valence-corrected chi connectivity index (χ3v) is 2.91. The van der Waals surface area contributed by atoms with E-state index in [-0.39, 0.29) is 5.97 Å². The molecule has 86 valence electrons. The summed E-state index contributed by atoms with van der Waals surface area (Å²) in [4.78, 5) is 20.4. The number of rotatable bonds is 2. The fourth-order valence-corrected chi connectivity index (χ4v) is 2.06. The number of carbonyl (C=O) groups is 1. The van der Waals surface area contributed by atoms with Crippen LogP contribution in [0.4, 0.5) is 0 Å². The second-order valence-electron chi connectivity index (χ2n) is 4.10. The van der Waals surface area contributed by atoms with Crippen molar-refractivity contribution in [1.29, 1.82) is 0 Å². The Kier molecular flexibility index (Phi) is 2.48. The van der Waals surface area contributed by atoms with Crippen LogP contribution in [-0.4, -0.2) is 30.2 Å². The van der Waals surface area contributed by atoms with E-state index in [1.165, 1.54) is 0 Å². The summed E-state index contributed by atoms with van der Waals surface area (Å²) in [6.07, 6.45) is 1.86. The lowest BCUT2D eigenvalue weighted by Crippen LogP contribution is -2.23. The van der Waals surface area contributed by atoms with Gasteiger partial charge >= 0.3 is 5.97 Å². The summed E-state index contributed by atoms with van der Waals surface area (Å²) in [7, 11) is 0. The van der Waals surface area contributed by atoms with E-state index in [1.807, 2.05) is 30.3 Å². The lowest BCUT2D eigenvalue weighted by atomic mass is 10.1. The molecule has 0 saturated carbocycles. The molecule has 0 unspecified atom stereocenters. The fraction of sp³-hybridized carbons (Fsp3) is 0.308. The predicted octanol–water partition coefficient (Wildman–Crippen LogP) is 1.59. The van der Waals surface area contributed by atoms with Crippen LogP contribution < -0.4 is 0 Å².